The number of carboxylic acid groups (broad SMARTS) is 1. The summed E-state index contributed by atoms with van der Waals surface area (Å²) in [4.78, 5) is 22.5. The van der Waals surface area contributed by atoms with Crippen molar-refractivity contribution in [2.75, 3.05) is 11.9 Å². The Morgan fingerprint density at radius 2 is 1.90 bits per heavy atom. The first kappa shape index (κ1) is 15.3. The van der Waals surface area contributed by atoms with E-state index in [1.54, 1.807) is 0 Å². The van der Waals surface area contributed by atoms with Gasteiger partial charge in [0.05, 0.1) is 6.54 Å². The molecule has 1 aliphatic rings. The van der Waals surface area contributed by atoms with Gasteiger partial charge in [0.1, 0.15) is 0 Å². The highest BCUT2D eigenvalue weighted by molar-refractivity contribution is 5.90. The zero-order valence-electron chi connectivity index (χ0n) is 12.0. The van der Waals surface area contributed by atoms with Crippen molar-refractivity contribution in [3.63, 3.8) is 0 Å². The van der Waals surface area contributed by atoms with Crippen LogP contribution in [0.2, 0.25) is 0 Å². The predicted molar refractivity (Wildman–Crippen MR) is 78.4 cm³/mol. The van der Waals surface area contributed by atoms with E-state index in [0.29, 0.717) is 5.69 Å². The van der Waals surface area contributed by atoms with Crippen LogP contribution >= 0.6 is 0 Å². The Morgan fingerprint density at radius 1 is 1.24 bits per heavy atom. The minimum absolute atomic E-state index is 0.362. The van der Waals surface area contributed by atoms with Gasteiger partial charge in [0.15, 0.2) is 5.60 Å². The molecule has 1 aromatic rings. The first-order chi connectivity index (χ1) is 9.88. The average molecular weight is 292 g/mol. The summed E-state index contributed by atoms with van der Waals surface area (Å²) in [5.74, 6) is -1.38. The second kappa shape index (κ2) is 6.13. The average Bonchev–Trinajstić information content (AvgIpc) is 2.45. The van der Waals surface area contributed by atoms with E-state index in [4.69, 9.17) is 5.11 Å². The van der Waals surface area contributed by atoms with Gasteiger partial charge in [-0.15, -0.1) is 0 Å². The lowest BCUT2D eigenvalue weighted by Crippen LogP contribution is -2.47. The number of carbonyl (C=O) groups is 2. The summed E-state index contributed by atoms with van der Waals surface area (Å²) in [5, 5.41) is 23.3. The molecule has 1 aliphatic carbocycles. The van der Waals surface area contributed by atoms with Gasteiger partial charge >= 0.3 is 12.0 Å². The van der Waals surface area contributed by atoms with Crippen LogP contribution in [-0.2, 0) is 17.6 Å². The maximum atomic E-state index is 11.7. The van der Waals surface area contributed by atoms with Crippen LogP contribution < -0.4 is 10.6 Å². The van der Waals surface area contributed by atoms with Crippen LogP contribution in [-0.4, -0.2) is 34.4 Å². The smallest absolute Gasteiger partial charge is 0.337 e. The minimum atomic E-state index is -1.98. The number of nitrogens with one attached hydrogen (secondary N) is 2. The molecule has 0 aromatic heterocycles. The van der Waals surface area contributed by atoms with Crippen LogP contribution in [0.25, 0.3) is 0 Å². The number of aryl methyl sites for hydroxylation is 2. The Labute approximate surface area is 123 Å². The number of carbonyl (C=O) groups excluding carboxylic acids is 1. The normalized spacial score (nSPS) is 16.5. The van der Waals surface area contributed by atoms with Gasteiger partial charge in [-0.05, 0) is 55.9 Å². The number of benzene rings is 1. The van der Waals surface area contributed by atoms with Crippen molar-refractivity contribution in [1.29, 1.82) is 0 Å². The highest BCUT2D eigenvalue weighted by atomic mass is 16.4. The molecule has 2 rings (SSSR count). The van der Waals surface area contributed by atoms with Crippen LogP contribution in [0, 0.1) is 0 Å². The van der Waals surface area contributed by atoms with Gasteiger partial charge in [-0.1, -0.05) is 6.07 Å². The number of carboxylic acids is 1. The van der Waals surface area contributed by atoms with Crippen molar-refractivity contribution < 1.29 is 19.8 Å². The fourth-order valence-electron chi connectivity index (χ4n) is 2.31. The number of rotatable bonds is 4. The second-order valence-corrected chi connectivity index (χ2v) is 5.58. The van der Waals surface area contributed by atoms with E-state index in [0.717, 1.165) is 26.2 Å². The molecule has 0 heterocycles. The second-order valence-electron chi connectivity index (χ2n) is 5.58. The lowest BCUT2D eigenvalue weighted by Gasteiger charge is -2.19. The van der Waals surface area contributed by atoms with Crippen LogP contribution in [0.15, 0.2) is 18.2 Å². The summed E-state index contributed by atoms with van der Waals surface area (Å²) >= 11 is 0. The number of anilines is 1. The van der Waals surface area contributed by atoms with Crippen LogP contribution in [0.5, 0.6) is 0 Å². The number of hydrogen-bond acceptors (Lipinski definition) is 3. The molecule has 114 valence electrons. The van der Waals surface area contributed by atoms with Crippen molar-refractivity contribution in [2.24, 2.45) is 0 Å². The SMILES string of the molecule is CC(O)(CNC(=O)Nc1ccc2c(c1)CCCC2)C(=O)O. The standard InChI is InChI=1S/C15H20N2O4/c1-15(21,13(18)19)9-16-14(20)17-12-7-6-10-4-2-3-5-11(10)8-12/h6-8,21H,2-5,9H2,1H3,(H,18,19)(H2,16,17,20). The minimum Gasteiger partial charge on any atom is -0.479 e. The quantitative estimate of drug-likeness (QED) is 0.676. The molecule has 6 nitrogen and oxygen atoms in total. The Kier molecular flexibility index (Phi) is 4.47. The lowest BCUT2D eigenvalue weighted by molar-refractivity contribution is -0.155. The molecule has 0 saturated heterocycles. The Morgan fingerprint density at radius 3 is 2.57 bits per heavy atom. The van der Waals surface area contributed by atoms with Gasteiger partial charge < -0.3 is 20.8 Å². The van der Waals surface area contributed by atoms with E-state index >= 15 is 0 Å². The van der Waals surface area contributed by atoms with E-state index in [1.165, 1.54) is 17.5 Å². The molecule has 2 amide bonds. The molecule has 0 radical (unpaired) electrons. The monoisotopic (exact) mass is 292 g/mol. The zero-order valence-corrected chi connectivity index (χ0v) is 12.0. The van der Waals surface area contributed by atoms with Gasteiger partial charge in [0.25, 0.3) is 0 Å². The molecule has 21 heavy (non-hydrogen) atoms. The van der Waals surface area contributed by atoms with Crippen molar-refractivity contribution in [2.45, 2.75) is 38.2 Å². The third-order valence-electron chi connectivity index (χ3n) is 3.66. The van der Waals surface area contributed by atoms with Crippen LogP contribution in [0.1, 0.15) is 30.9 Å². The van der Waals surface area contributed by atoms with Gasteiger partial charge in [0, 0.05) is 5.69 Å². The summed E-state index contributed by atoms with van der Waals surface area (Å²) < 4.78 is 0. The molecule has 4 N–H and O–H groups in total. The molecular weight excluding hydrogens is 272 g/mol. The maximum Gasteiger partial charge on any atom is 0.337 e. The molecule has 0 saturated carbocycles. The predicted octanol–water partition coefficient (Wildman–Crippen LogP) is 1.52. The highest BCUT2D eigenvalue weighted by Crippen LogP contribution is 2.24. The molecule has 0 bridgehead atoms. The number of hydrogen-bond donors (Lipinski definition) is 4. The Hall–Kier alpha value is -2.08. The fourth-order valence-corrected chi connectivity index (χ4v) is 2.31. The summed E-state index contributed by atoms with van der Waals surface area (Å²) in [6.45, 7) is 0.771. The Balaban J connectivity index is 1.92. The molecule has 1 unspecified atom stereocenters. The van der Waals surface area contributed by atoms with Gasteiger partial charge in [-0.2, -0.15) is 0 Å². The lowest BCUT2D eigenvalue weighted by atomic mass is 9.91. The third kappa shape index (κ3) is 3.95. The molecule has 0 spiro atoms. The van der Waals surface area contributed by atoms with Crippen molar-refractivity contribution in [3.05, 3.63) is 29.3 Å². The summed E-state index contributed by atoms with van der Waals surface area (Å²) in [6.07, 6.45) is 4.44. The van der Waals surface area contributed by atoms with Gasteiger partial charge in [0.2, 0.25) is 0 Å². The number of urea groups is 1. The highest BCUT2D eigenvalue weighted by Gasteiger charge is 2.30. The van der Waals surface area contributed by atoms with Gasteiger partial charge in [-0.3, -0.25) is 0 Å². The zero-order chi connectivity index (χ0) is 15.5. The van der Waals surface area contributed by atoms with Crippen molar-refractivity contribution >= 4 is 17.7 Å². The van der Waals surface area contributed by atoms with E-state index in [-0.39, 0.29) is 6.54 Å². The van der Waals surface area contributed by atoms with E-state index in [2.05, 4.69) is 10.6 Å². The maximum absolute atomic E-state index is 11.7. The third-order valence-corrected chi connectivity index (χ3v) is 3.66. The first-order valence-corrected chi connectivity index (χ1v) is 7.01. The van der Waals surface area contributed by atoms with Crippen molar-refractivity contribution in [3.8, 4) is 0 Å². The molecule has 0 fully saturated rings. The number of aliphatic carboxylic acids is 1. The fraction of sp³-hybridized carbons (Fsp3) is 0.467. The number of fused-ring (bicyclic) bond motifs is 1. The molecular formula is C15H20N2O4. The van der Waals surface area contributed by atoms with E-state index < -0.39 is 17.6 Å². The van der Waals surface area contributed by atoms with Crippen LogP contribution in [0.4, 0.5) is 10.5 Å². The van der Waals surface area contributed by atoms with E-state index in [1.807, 2.05) is 18.2 Å². The van der Waals surface area contributed by atoms with Gasteiger partial charge in [-0.25, -0.2) is 9.59 Å². The topological polar surface area (TPSA) is 98.7 Å². The first-order valence-electron chi connectivity index (χ1n) is 7.01. The molecule has 1 aromatic carbocycles. The number of amides is 2. The molecule has 1 atom stereocenters. The van der Waals surface area contributed by atoms with Crippen molar-refractivity contribution in [1.82, 2.24) is 5.32 Å². The largest absolute Gasteiger partial charge is 0.479 e. The summed E-state index contributed by atoms with van der Waals surface area (Å²) in [5.41, 5.74) is 1.26. The molecule has 0 aliphatic heterocycles. The summed E-state index contributed by atoms with van der Waals surface area (Å²) in [6, 6.07) is 5.26. The molecule has 6 heteroatoms. The Bertz CT molecular complexity index is 555. The number of aliphatic hydroxyl groups is 1. The van der Waals surface area contributed by atoms with Crippen LogP contribution in [0.3, 0.4) is 0 Å². The summed E-state index contributed by atoms with van der Waals surface area (Å²) in [7, 11) is 0. The van der Waals surface area contributed by atoms with E-state index in [9.17, 15) is 14.7 Å².